The van der Waals surface area contributed by atoms with E-state index in [0.717, 1.165) is 0 Å². The Labute approximate surface area is 95.5 Å². The summed E-state index contributed by atoms with van der Waals surface area (Å²) in [5.41, 5.74) is 0. The summed E-state index contributed by atoms with van der Waals surface area (Å²) in [7, 11) is 0. The molecule has 0 saturated carbocycles. The predicted octanol–water partition coefficient (Wildman–Crippen LogP) is 2.07. The molecule has 0 saturated heterocycles. The number of hydrogen-bond donors (Lipinski definition) is 0. The number of carbonyl (C=O) groups excluding carboxylic acids is 1. The van der Waals surface area contributed by atoms with Crippen molar-refractivity contribution in [3.63, 3.8) is 0 Å². The van der Waals surface area contributed by atoms with Crippen LogP contribution in [0.1, 0.15) is 13.8 Å². The molecule has 1 amide bonds. The van der Waals surface area contributed by atoms with Gasteiger partial charge in [-0.2, -0.15) is 22.0 Å². The lowest BCUT2D eigenvalue weighted by Gasteiger charge is -2.26. The third-order valence-corrected chi connectivity index (χ3v) is 2.00. The Balaban J connectivity index is 4.63. The van der Waals surface area contributed by atoms with E-state index in [1.54, 1.807) is 6.92 Å². The van der Waals surface area contributed by atoms with Gasteiger partial charge in [-0.3, -0.25) is 4.79 Å². The lowest BCUT2D eigenvalue weighted by atomic mass is 10.2. The van der Waals surface area contributed by atoms with Crippen molar-refractivity contribution in [2.24, 2.45) is 0 Å². The molecule has 0 aromatic heterocycles. The molecule has 0 heterocycles. The van der Waals surface area contributed by atoms with Crippen LogP contribution in [0.15, 0.2) is 0 Å². The molecule has 0 fully saturated rings. The molecule has 0 aliphatic carbocycles. The molecule has 0 rings (SSSR count). The number of halogens is 5. The van der Waals surface area contributed by atoms with Gasteiger partial charge in [0.25, 0.3) is 0 Å². The molecule has 3 nitrogen and oxygen atoms in total. The highest BCUT2D eigenvalue weighted by atomic mass is 19.4. The molecule has 0 aliphatic heterocycles. The van der Waals surface area contributed by atoms with Crippen LogP contribution in [0.5, 0.6) is 0 Å². The number of rotatable bonds is 6. The van der Waals surface area contributed by atoms with Crippen LogP contribution in [0.3, 0.4) is 0 Å². The molecule has 0 bridgehead atoms. The van der Waals surface area contributed by atoms with Gasteiger partial charge in [0.15, 0.2) is 0 Å². The van der Waals surface area contributed by atoms with Crippen molar-refractivity contribution in [2.45, 2.75) is 25.9 Å². The number of nitrogens with zero attached hydrogens (tertiary/aromatic N) is 1. The summed E-state index contributed by atoms with van der Waals surface area (Å²) in [5.74, 6) is -7.60. The zero-order chi connectivity index (χ0) is 13.7. The molecule has 0 atom stereocenters. The quantitative estimate of drug-likeness (QED) is 0.542. The summed E-state index contributed by atoms with van der Waals surface area (Å²) < 4.78 is 66.0. The Morgan fingerprint density at radius 3 is 2.06 bits per heavy atom. The molecule has 0 aromatic carbocycles. The van der Waals surface area contributed by atoms with Crippen molar-refractivity contribution < 1.29 is 31.5 Å². The SMILES string of the molecule is CCOCCN(CC)C(=O)C(F)(F)C(F)(F)F. The molecule has 0 radical (unpaired) electrons. The number of likely N-dealkylation sites (N-methyl/N-ethyl adjacent to an activating group) is 1. The molecule has 0 aliphatic rings. The van der Waals surface area contributed by atoms with E-state index >= 15 is 0 Å². The first-order valence-electron chi connectivity index (χ1n) is 5.00. The monoisotopic (exact) mass is 263 g/mol. The molecular weight excluding hydrogens is 249 g/mol. The first-order valence-corrected chi connectivity index (χ1v) is 5.00. The second kappa shape index (κ2) is 6.13. The van der Waals surface area contributed by atoms with Gasteiger partial charge in [0.05, 0.1) is 6.61 Å². The highest BCUT2D eigenvalue weighted by Crippen LogP contribution is 2.36. The number of alkyl halides is 5. The molecule has 0 N–H and O–H groups in total. The number of amides is 1. The maximum absolute atomic E-state index is 12.7. The minimum atomic E-state index is -5.87. The van der Waals surface area contributed by atoms with Crippen molar-refractivity contribution in [1.29, 1.82) is 0 Å². The van der Waals surface area contributed by atoms with Crippen molar-refractivity contribution in [3.8, 4) is 0 Å². The maximum Gasteiger partial charge on any atom is 0.463 e. The van der Waals surface area contributed by atoms with Gasteiger partial charge in [-0.15, -0.1) is 0 Å². The molecule has 0 unspecified atom stereocenters. The predicted molar refractivity (Wildman–Crippen MR) is 49.7 cm³/mol. The average molecular weight is 263 g/mol. The van der Waals surface area contributed by atoms with E-state index in [1.165, 1.54) is 6.92 Å². The number of ether oxygens (including phenoxy) is 1. The maximum atomic E-state index is 12.7. The van der Waals surface area contributed by atoms with Crippen LogP contribution in [0, 0.1) is 0 Å². The summed E-state index contributed by atoms with van der Waals surface area (Å²) in [6, 6.07) is 0. The van der Waals surface area contributed by atoms with Gasteiger partial charge in [0.1, 0.15) is 0 Å². The van der Waals surface area contributed by atoms with E-state index in [0.29, 0.717) is 11.5 Å². The Bertz CT molecular complexity index is 254. The Morgan fingerprint density at radius 1 is 1.18 bits per heavy atom. The zero-order valence-electron chi connectivity index (χ0n) is 9.48. The Morgan fingerprint density at radius 2 is 1.71 bits per heavy atom. The fourth-order valence-electron chi connectivity index (χ4n) is 1.04. The first kappa shape index (κ1) is 16.1. The third-order valence-electron chi connectivity index (χ3n) is 2.00. The second-order valence-corrected chi connectivity index (χ2v) is 3.15. The van der Waals surface area contributed by atoms with Gasteiger partial charge in [0, 0.05) is 19.7 Å². The number of carbonyl (C=O) groups is 1. The van der Waals surface area contributed by atoms with Crippen LogP contribution >= 0.6 is 0 Å². The highest BCUT2D eigenvalue weighted by molar-refractivity contribution is 5.84. The van der Waals surface area contributed by atoms with E-state index in [-0.39, 0.29) is 19.7 Å². The summed E-state index contributed by atoms with van der Waals surface area (Å²) in [6.07, 6.45) is -5.87. The van der Waals surface area contributed by atoms with E-state index in [9.17, 15) is 26.7 Å². The normalized spacial score (nSPS) is 12.6. The van der Waals surface area contributed by atoms with E-state index in [4.69, 9.17) is 4.74 Å². The van der Waals surface area contributed by atoms with Crippen LogP contribution in [0.2, 0.25) is 0 Å². The van der Waals surface area contributed by atoms with Gasteiger partial charge in [-0.1, -0.05) is 0 Å². The Hall–Kier alpha value is -0.920. The van der Waals surface area contributed by atoms with Crippen molar-refractivity contribution in [1.82, 2.24) is 4.90 Å². The van der Waals surface area contributed by atoms with Crippen LogP contribution in [0.25, 0.3) is 0 Å². The molecule has 17 heavy (non-hydrogen) atoms. The van der Waals surface area contributed by atoms with E-state index in [2.05, 4.69) is 0 Å². The Kier molecular flexibility index (Phi) is 5.80. The molecule has 0 aromatic rings. The van der Waals surface area contributed by atoms with Crippen molar-refractivity contribution >= 4 is 5.91 Å². The zero-order valence-corrected chi connectivity index (χ0v) is 9.48. The smallest absolute Gasteiger partial charge is 0.380 e. The lowest BCUT2D eigenvalue weighted by molar-refractivity contribution is -0.274. The minimum absolute atomic E-state index is 0.0793. The second-order valence-electron chi connectivity index (χ2n) is 3.15. The minimum Gasteiger partial charge on any atom is -0.380 e. The molecule has 102 valence electrons. The fraction of sp³-hybridized carbons (Fsp3) is 0.889. The van der Waals surface area contributed by atoms with Gasteiger partial charge in [-0.25, -0.2) is 0 Å². The van der Waals surface area contributed by atoms with Crippen LogP contribution in [-0.4, -0.2) is 49.2 Å². The van der Waals surface area contributed by atoms with Gasteiger partial charge >= 0.3 is 18.0 Å². The van der Waals surface area contributed by atoms with Crippen molar-refractivity contribution in [3.05, 3.63) is 0 Å². The fourth-order valence-corrected chi connectivity index (χ4v) is 1.04. The highest BCUT2D eigenvalue weighted by Gasteiger charge is 2.64. The van der Waals surface area contributed by atoms with Crippen LogP contribution in [-0.2, 0) is 9.53 Å². The topological polar surface area (TPSA) is 29.5 Å². The van der Waals surface area contributed by atoms with Gasteiger partial charge in [-0.05, 0) is 13.8 Å². The summed E-state index contributed by atoms with van der Waals surface area (Å²) in [6.45, 7) is 2.64. The summed E-state index contributed by atoms with van der Waals surface area (Å²) in [5, 5.41) is 0. The number of hydrogen-bond acceptors (Lipinski definition) is 2. The average Bonchev–Trinajstić information content (AvgIpc) is 2.22. The van der Waals surface area contributed by atoms with E-state index < -0.39 is 18.0 Å². The molecule has 0 spiro atoms. The largest absolute Gasteiger partial charge is 0.463 e. The van der Waals surface area contributed by atoms with Crippen LogP contribution < -0.4 is 0 Å². The first-order chi connectivity index (χ1) is 7.68. The lowest BCUT2D eigenvalue weighted by Crippen LogP contribution is -2.52. The van der Waals surface area contributed by atoms with Crippen molar-refractivity contribution in [2.75, 3.05) is 26.3 Å². The summed E-state index contributed by atoms with van der Waals surface area (Å²) >= 11 is 0. The standard InChI is InChI=1S/C9H14F5NO2/c1-3-15(5-6-17-4-2)7(16)8(10,11)9(12,13)14/h3-6H2,1-2H3. The van der Waals surface area contributed by atoms with Crippen LogP contribution in [0.4, 0.5) is 22.0 Å². The molecule has 8 heteroatoms. The summed E-state index contributed by atoms with van der Waals surface area (Å²) in [4.78, 5) is 11.5. The van der Waals surface area contributed by atoms with E-state index in [1.807, 2.05) is 0 Å². The van der Waals surface area contributed by atoms with Gasteiger partial charge in [0.2, 0.25) is 0 Å². The van der Waals surface area contributed by atoms with Gasteiger partial charge < -0.3 is 9.64 Å². The molecular formula is C9H14F5NO2. The third kappa shape index (κ3) is 4.10.